The highest BCUT2D eigenvalue weighted by Crippen LogP contribution is 2.01. The standard InChI is InChI=1S/C11H9N5S/c1-8-14-15-11(17)16(8)13-7-10-4-2-9(6-12)3-5-10/h2-5,7H,1H3,(H,15,17)/b13-7-. The highest BCUT2D eigenvalue weighted by atomic mass is 32.1. The third-order valence-corrected chi connectivity index (χ3v) is 2.44. The topological polar surface area (TPSA) is 69.8 Å². The van der Waals surface area contributed by atoms with Crippen molar-refractivity contribution < 1.29 is 0 Å². The Morgan fingerprint density at radius 2 is 2.18 bits per heavy atom. The molecule has 1 heterocycles. The average molecular weight is 243 g/mol. The van der Waals surface area contributed by atoms with Crippen molar-refractivity contribution in [2.24, 2.45) is 5.10 Å². The molecule has 2 aromatic rings. The second-order valence-corrected chi connectivity index (χ2v) is 3.75. The number of benzene rings is 1. The van der Waals surface area contributed by atoms with Crippen LogP contribution in [0.5, 0.6) is 0 Å². The highest BCUT2D eigenvalue weighted by Gasteiger charge is 1.97. The Hall–Kier alpha value is -2.26. The third kappa shape index (κ3) is 2.46. The van der Waals surface area contributed by atoms with Crippen molar-refractivity contribution in [3.05, 3.63) is 46.0 Å². The molecule has 0 amide bonds. The van der Waals surface area contributed by atoms with Gasteiger partial charge in [0.15, 0.2) is 0 Å². The minimum absolute atomic E-state index is 0.451. The third-order valence-electron chi connectivity index (χ3n) is 2.17. The van der Waals surface area contributed by atoms with Gasteiger partial charge in [-0.1, -0.05) is 12.1 Å². The molecule has 0 saturated carbocycles. The van der Waals surface area contributed by atoms with Crippen molar-refractivity contribution in [3.8, 4) is 6.07 Å². The Labute approximate surface area is 103 Å². The lowest BCUT2D eigenvalue weighted by Gasteiger charge is -1.95. The van der Waals surface area contributed by atoms with Gasteiger partial charge in [-0.2, -0.15) is 20.1 Å². The zero-order valence-electron chi connectivity index (χ0n) is 9.08. The number of aromatic amines is 1. The molecule has 0 radical (unpaired) electrons. The number of nitriles is 1. The van der Waals surface area contributed by atoms with Gasteiger partial charge in [-0.3, -0.25) is 5.10 Å². The summed E-state index contributed by atoms with van der Waals surface area (Å²) in [5.74, 6) is 0.694. The van der Waals surface area contributed by atoms with E-state index in [9.17, 15) is 0 Å². The van der Waals surface area contributed by atoms with Crippen LogP contribution in [0.1, 0.15) is 17.0 Å². The molecule has 1 N–H and O–H groups in total. The summed E-state index contributed by atoms with van der Waals surface area (Å²) < 4.78 is 1.99. The minimum atomic E-state index is 0.451. The maximum Gasteiger partial charge on any atom is 0.216 e. The molecule has 0 aliphatic rings. The van der Waals surface area contributed by atoms with Gasteiger partial charge in [-0.05, 0) is 36.8 Å². The van der Waals surface area contributed by atoms with E-state index in [1.807, 2.05) is 19.1 Å². The second kappa shape index (κ2) is 4.72. The van der Waals surface area contributed by atoms with Gasteiger partial charge in [0, 0.05) is 0 Å². The molecule has 2 rings (SSSR count). The molecule has 0 fully saturated rings. The van der Waals surface area contributed by atoms with Crippen molar-refractivity contribution in [2.45, 2.75) is 6.92 Å². The predicted molar refractivity (Wildman–Crippen MR) is 66.3 cm³/mol. The Kier molecular flexibility index (Phi) is 3.12. The number of rotatable bonds is 2. The van der Waals surface area contributed by atoms with E-state index in [1.54, 1.807) is 18.3 Å². The van der Waals surface area contributed by atoms with Gasteiger partial charge in [0.1, 0.15) is 5.82 Å². The average Bonchev–Trinajstić information content (AvgIpc) is 2.67. The van der Waals surface area contributed by atoms with Crippen LogP contribution in [0.3, 0.4) is 0 Å². The van der Waals surface area contributed by atoms with Crippen LogP contribution in [0.25, 0.3) is 0 Å². The van der Waals surface area contributed by atoms with E-state index in [0.29, 0.717) is 16.2 Å². The van der Waals surface area contributed by atoms with Crippen LogP contribution < -0.4 is 0 Å². The number of H-pyrrole nitrogens is 1. The summed E-state index contributed by atoms with van der Waals surface area (Å²) in [6, 6.07) is 9.18. The second-order valence-electron chi connectivity index (χ2n) is 3.37. The summed E-state index contributed by atoms with van der Waals surface area (Å²) in [6.45, 7) is 1.81. The molecule has 0 spiro atoms. The predicted octanol–water partition coefficient (Wildman–Crippen LogP) is 2.00. The molecule has 0 aliphatic heterocycles. The van der Waals surface area contributed by atoms with Gasteiger partial charge < -0.3 is 0 Å². The van der Waals surface area contributed by atoms with Gasteiger partial charge in [0.05, 0.1) is 17.8 Å². The van der Waals surface area contributed by atoms with E-state index in [4.69, 9.17) is 17.5 Å². The first-order chi connectivity index (χ1) is 8.20. The lowest BCUT2D eigenvalue weighted by molar-refractivity contribution is 0.821. The first-order valence-corrected chi connectivity index (χ1v) is 5.30. The van der Waals surface area contributed by atoms with Crippen LogP contribution in [0.2, 0.25) is 0 Å². The van der Waals surface area contributed by atoms with Gasteiger partial charge in [0.25, 0.3) is 0 Å². The highest BCUT2D eigenvalue weighted by molar-refractivity contribution is 7.71. The Morgan fingerprint density at radius 3 is 2.71 bits per heavy atom. The number of hydrogen-bond donors (Lipinski definition) is 1. The zero-order chi connectivity index (χ0) is 12.3. The monoisotopic (exact) mass is 243 g/mol. The normalized spacial score (nSPS) is 10.6. The van der Waals surface area contributed by atoms with Crippen LogP contribution in [0.15, 0.2) is 29.4 Å². The van der Waals surface area contributed by atoms with Crippen molar-refractivity contribution in [1.29, 1.82) is 5.26 Å². The maximum atomic E-state index is 8.67. The molecule has 1 aromatic heterocycles. The number of hydrogen-bond acceptors (Lipinski definition) is 4. The first-order valence-electron chi connectivity index (χ1n) is 4.89. The molecular weight excluding hydrogens is 234 g/mol. The molecule has 0 aliphatic carbocycles. The largest absolute Gasteiger partial charge is 0.250 e. The molecule has 0 atom stereocenters. The summed E-state index contributed by atoms with van der Waals surface area (Å²) in [6.07, 6.45) is 1.67. The molecule has 6 heteroatoms. The van der Waals surface area contributed by atoms with E-state index < -0.39 is 0 Å². The molecular formula is C11H9N5S. The smallest absolute Gasteiger partial charge is 0.216 e. The first kappa shape index (κ1) is 11.2. The Balaban J connectivity index is 2.27. The van der Waals surface area contributed by atoms with E-state index >= 15 is 0 Å². The maximum absolute atomic E-state index is 8.67. The summed E-state index contributed by atoms with van der Waals surface area (Å²) in [5, 5.41) is 19.5. The van der Waals surface area contributed by atoms with Gasteiger partial charge in [-0.25, -0.2) is 0 Å². The SMILES string of the molecule is Cc1n[nH]c(=S)n1/N=C\c1ccc(C#N)cc1. The zero-order valence-corrected chi connectivity index (χ0v) is 9.90. The van der Waals surface area contributed by atoms with Crippen LogP contribution in [-0.2, 0) is 0 Å². The number of nitrogens with one attached hydrogen (secondary N) is 1. The summed E-state index contributed by atoms with van der Waals surface area (Å²) in [7, 11) is 0. The van der Waals surface area contributed by atoms with E-state index in [2.05, 4.69) is 21.4 Å². The van der Waals surface area contributed by atoms with Crippen molar-refractivity contribution >= 4 is 18.4 Å². The van der Waals surface area contributed by atoms with Crippen molar-refractivity contribution in [2.75, 3.05) is 0 Å². The van der Waals surface area contributed by atoms with Crippen molar-refractivity contribution in [3.63, 3.8) is 0 Å². The van der Waals surface area contributed by atoms with E-state index in [-0.39, 0.29) is 0 Å². The van der Waals surface area contributed by atoms with Crippen LogP contribution in [0.4, 0.5) is 0 Å². The number of nitrogens with zero attached hydrogens (tertiary/aromatic N) is 4. The summed E-state index contributed by atoms with van der Waals surface area (Å²) >= 11 is 5.02. The van der Waals surface area contributed by atoms with E-state index in [1.165, 1.54) is 4.68 Å². The number of aryl methyl sites for hydroxylation is 1. The molecule has 84 valence electrons. The Morgan fingerprint density at radius 1 is 1.47 bits per heavy atom. The molecule has 1 aromatic carbocycles. The number of aromatic nitrogens is 3. The Bertz CT molecular complexity index is 642. The molecule has 5 nitrogen and oxygen atoms in total. The van der Waals surface area contributed by atoms with Gasteiger partial charge in [-0.15, -0.1) is 0 Å². The van der Waals surface area contributed by atoms with Crippen LogP contribution in [0, 0.1) is 23.0 Å². The quantitative estimate of drug-likeness (QED) is 0.648. The van der Waals surface area contributed by atoms with Gasteiger partial charge >= 0.3 is 0 Å². The lowest BCUT2D eigenvalue weighted by Crippen LogP contribution is -1.93. The van der Waals surface area contributed by atoms with Crippen LogP contribution in [-0.4, -0.2) is 21.1 Å². The fraction of sp³-hybridized carbons (Fsp3) is 0.0909. The van der Waals surface area contributed by atoms with Crippen molar-refractivity contribution in [1.82, 2.24) is 14.9 Å². The lowest BCUT2D eigenvalue weighted by atomic mass is 10.2. The summed E-state index contributed by atoms with van der Waals surface area (Å²) in [5.41, 5.74) is 1.52. The fourth-order valence-electron chi connectivity index (χ4n) is 1.27. The fourth-order valence-corrected chi connectivity index (χ4v) is 1.50. The van der Waals surface area contributed by atoms with E-state index in [0.717, 1.165) is 5.56 Å². The molecule has 17 heavy (non-hydrogen) atoms. The van der Waals surface area contributed by atoms with Gasteiger partial charge in [0.2, 0.25) is 4.77 Å². The summed E-state index contributed by atoms with van der Waals surface area (Å²) in [4.78, 5) is 0. The molecule has 0 unspecified atom stereocenters. The van der Waals surface area contributed by atoms with Crippen LogP contribution >= 0.6 is 12.2 Å². The minimum Gasteiger partial charge on any atom is -0.250 e. The molecule has 0 bridgehead atoms. The molecule has 0 saturated heterocycles.